The molecule has 35 heavy (non-hydrogen) atoms. The SMILES string of the molecule is COc1ncnc(C)c1-c1ccc(C[n+]2cc(NC(=O)Nc3cccc(C(F)(F)F)c3)on2)nc1. The van der Waals surface area contributed by atoms with E-state index in [0.29, 0.717) is 11.6 Å². The fraction of sp³-hybridized carbons (Fsp3) is 0.182. The number of alkyl halides is 3. The number of hydrogen-bond acceptors (Lipinski definition) is 7. The molecule has 4 rings (SSSR count). The summed E-state index contributed by atoms with van der Waals surface area (Å²) >= 11 is 0. The Kier molecular flexibility index (Phi) is 6.57. The van der Waals surface area contributed by atoms with Crippen LogP contribution >= 0.6 is 0 Å². The van der Waals surface area contributed by atoms with E-state index in [2.05, 4.69) is 30.9 Å². The van der Waals surface area contributed by atoms with E-state index in [0.717, 1.165) is 29.0 Å². The molecule has 0 saturated carbocycles. The fourth-order valence-corrected chi connectivity index (χ4v) is 3.23. The molecule has 0 radical (unpaired) electrons. The Morgan fingerprint density at radius 2 is 1.97 bits per heavy atom. The molecule has 0 saturated heterocycles. The number of aromatic nitrogens is 5. The molecule has 0 fully saturated rings. The zero-order chi connectivity index (χ0) is 25.0. The van der Waals surface area contributed by atoms with Gasteiger partial charge in [-0.2, -0.15) is 13.2 Å². The van der Waals surface area contributed by atoms with Crippen LogP contribution in [0, 0.1) is 6.92 Å². The molecular weight excluding hydrogens is 467 g/mol. The first-order chi connectivity index (χ1) is 16.7. The molecule has 0 aliphatic heterocycles. The summed E-state index contributed by atoms with van der Waals surface area (Å²) in [7, 11) is 1.53. The molecule has 3 aromatic heterocycles. The topological polar surface area (TPSA) is 119 Å². The van der Waals surface area contributed by atoms with E-state index in [9.17, 15) is 18.0 Å². The maximum absolute atomic E-state index is 12.8. The van der Waals surface area contributed by atoms with Gasteiger partial charge in [0.25, 0.3) is 6.20 Å². The number of aryl methyl sites for hydroxylation is 1. The number of anilines is 2. The average molecular weight is 486 g/mol. The monoisotopic (exact) mass is 486 g/mol. The van der Waals surface area contributed by atoms with Gasteiger partial charge in [-0.1, -0.05) is 12.1 Å². The minimum absolute atomic E-state index is 0.00658. The molecular formula is C22H19F3N7O3+. The van der Waals surface area contributed by atoms with Crippen LogP contribution in [-0.4, -0.2) is 33.4 Å². The Morgan fingerprint density at radius 3 is 2.69 bits per heavy atom. The molecule has 0 spiro atoms. The number of ether oxygens (including phenoxy) is 1. The van der Waals surface area contributed by atoms with E-state index in [-0.39, 0.29) is 18.1 Å². The summed E-state index contributed by atoms with van der Waals surface area (Å²) in [4.78, 5) is 24.8. The summed E-state index contributed by atoms with van der Waals surface area (Å²) in [6.45, 7) is 2.08. The third-order valence-electron chi connectivity index (χ3n) is 4.83. The molecule has 1 aromatic carbocycles. The standard InChI is InChI=1S/C22H18F3N7O3/c1-13-19(20(34-2)28-12-27-13)14-6-7-17(26-9-14)10-32-11-18(35-31-32)30-21(33)29-16-5-3-4-15(8-16)22(23,24)25/h3-9,11-12H,10H2,1-2H3,(H-,29,30,31,33)/p+1. The van der Waals surface area contributed by atoms with Gasteiger partial charge in [-0.05, 0) is 35.9 Å². The lowest BCUT2D eigenvalue weighted by Gasteiger charge is -2.09. The average Bonchev–Trinajstić information content (AvgIpc) is 3.25. The van der Waals surface area contributed by atoms with E-state index in [1.165, 1.54) is 36.4 Å². The van der Waals surface area contributed by atoms with Crippen LogP contribution in [0.25, 0.3) is 11.1 Å². The molecule has 0 aliphatic rings. The first kappa shape index (κ1) is 23.6. The number of nitrogens with one attached hydrogen (secondary N) is 2. The second-order valence-corrected chi connectivity index (χ2v) is 7.30. The molecule has 13 heteroatoms. The van der Waals surface area contributed by atoms with Gasteiger partial charge in [0.1, 0.15) is 12.0 Å². The van der Waals surface area contributed by atoms with Gasteiger partial charge in [0.2, 0.25) is 17.7 Å². The number of amides is 2. The van der Waals surface area contributed by atoms with Gasteiger partial charge in [-0.3, -0.25) is 14.8 Å². The quantitative estimate of drug-likeness (QED) is 0.398. The van der Waals surface area contributed by atoms with Crippen molar-refractivity contribution in [1.82, 2.24) is 20.2 Å². The smallest absolute Gasteiger partial charge is 0.416 e. The van der Waals surface area contributed by atoms with Gasteiger partial charge < -0.3 is 10.1 Å². The number of pyridine rings is 1. The summed E-state index contributed by atoms with van der Waals surface area (Å²) in [5.41, 5.74) is 2.02. The van der Waals surface area contributed by atoms with Crippen molar-refractivity contribution in [3.8, 4) is 17.0 Å². The number of benzene rings is 1. The predicted molar refractivity (Wildman–Crippen MR) is 116 cm³/mol. The van der Waals surface area contributed by atoms with Crippen molar-refractivity contribution in [2.24, 2.45) is 0 Å². The highest BCUT2D eigenvalue weighted by Crippen LogP contribution is 2.31. The number of rotatable bonds is 6. The highest BCUT2D eigenvalue weighted by molar-refractivity contribution is 5.98. The molecule has 2 N–H and O–H groups in total. The number of hydrogen-bond donors (Lipinski definition) is 2. The molecule has 4 aromatic rings. The lowest BCUT2D eigenvalue weighted by atomic mass is 10.1. The van der Waals surface area contributed by atoms with E-state index in [1.54, 1.807) is 12.3 Å². The van der Waals surface area contributed by atoms with Gasteiger partial charge >= 0.3 is 18.1 Å². The number of carbonyl (C=O) groups excluding carboxylic acids is 1. The van der Waals surface area contributed by atoms with Crippen LogP contribution in [0.5, 0.6) is 5.88 Å². The number of halogens is 3. The van der Waals surface area contributed by atoms with E-state index < -0.39 is 17.8 Å². The zero-order valence-corrected chi connectivity index (χ0v) is 18.5. The highest BCUT2D eigenvalue weighted by atomic mass is 19.4. The number of nitrogens with zero attached hydrogens (tertiary/aromatic N) is 5. The predicted octanol–water partition coefficient (Wildman–Crippen LogP) is 3.84. The summed E-state index contributed by atoms with van der Waals surface area (Å²) < 4.78 is 50.2. The van der Waals surface area contributed by atoms with Gasteiger partial charge in [-0.15, -0.1) is 0 Å². The van der Waals surface area contributed by atoms with Crippen LogP contribution in [-0.2, 0) is 12.7 Å². The number of urea groups is 1. The van der Waals surface area contributed by atoms with Crippen LogP contribution in [0.4, 0.5) is 29.5 Å². The molecule has 10 nitrogen and oxygen atoms in total. The second kappa shape index (κ2) is 9.75. The maximum atomic E-state index is 12.8. The third kappa shape index (κ3) is 5.69. The van der Waals surface area contributed by atoms with Gasteiger partial charge in [-0.25, -0.2) is 14.8 Å². The van der Waals surface area contributed by atoms with E-state index in [1.807, 2.05) is 13.0 Å². The van der Waals surface area contributed by atoms with E-state index in [4.69, 9.17) is 9.26 Å². The largest absolute Gasteiger partial charge is 0.480 e. The number of methoxy groups -OCH3 is 1. The molecule has 180 valence electrons. The minimum Gasteiger partial charge on any atom is -0.480 e. The molecule has 0 unspecified atom stereocenters. The lowest BCUT2D eigenvalue weighted by Crippen LogP contribution is -2.35. The Balaban J connectivity index is 1.39. The van der Waals surface area contributed by atoms with Crippen molar-refractivity contribution in [1.29, 1.82) is 0 Å². The molecule has 2 amide bonds. The first-order valence-corrected chi connectivity index (χ1v) is 10.2. The second-order valence-electron chi connectivity index (χ2n) is 7.30. The highest BCUT2D eigenvalue weighted by Gasteiger charge is 2.30. The van der Waals surface area contributed by atoms with Crippen molar-refractivity contribution in [3.05, 3.63) is 72.1 Å². The van der Waals surface area contributed by atoms with Gasteiger partial charge in [0.05, 0.1) is 23.9 Å². The summed E-state index contributed by atoms with van der Waals surface area (Å²) in [5, 5.41) is 8.50. The fourth-order valence-electron chi connectivity index (χ4n) is 3.23. The summed E-state index contributed by atoms with van der Waals surface area (Å²) in [5.74, 6) is 0.435. The van der Waals surface area contributed by atoms with Gasteiger partial charge in [0, 0.05) is 17.4 Å². The van der Waals surface area contributed by atoms with Crippen LogP contribution in [0.2, 0.25) is 0 Å². The summed E-state index contributed by atoms with van der Waals surface area (Å²) in [6, 6.07) is 7.12. The normalized spacial score (nSPS) is 11.2. The Hall–Kier alpha value is -4.55. The van der Waals surface area contributed by atoms with Crippen LogP contribution in [0.1, 0.15) is 17.0 Å². The first-order valence-electron chi connectivity index (χ1n) is 10.2. The molecule has 0 bridgehead atoms. The van der Waals surface area contributed by atoms with Gasteiger partial charge in [0.15, 0.2) is 0 Å². The molecule has 0 aliphatic carbocycles. The van der Waals surface area contributed by atoms with Crippen LogP contribution in [0.15, 0.2) is 59.6 Å². The van der Waals surface area contributed by atoms with Crippen LogP contribution < -0.4 is 20.1 Å². The van der Waals surface area contributed by atoms with E-state index >= 15 is 0 Å². The Labute approximate surface area is 196 Å². The minimum atomic E-state index is -4.52. The van der Waals surface area contributed by atoms with Crippen LogP contribution in [0.3, 0.4) is 0 Å². The zero-order valence-electron chi connectivity index (χ0n) is 18.5. The van der Waals surface area contributed by atoms with Crippen molar-refractivity contribution in [2.45, 2.75) is 19.6 Å². The maximum Gasteiger partial charge on any atom is 0.416 e. The van der Waals surface area contributed by atoms with Crippen molar-refractivity contribution < 1.29 is 31.9 Å². The number of carbonyl (C=O) groups is 1. The third-order valence-corrected chi connectivity index (χ3v) is 4.83. The Morgan fingerprint density at radius 1 is 1.14 bits per heavy atom. The molecule has 3 heterocycles. The Bertz CT molecular complexity index is 1340. The lowest BCUT2D eigenvalue weighted by molar-refractivity contribution is -0.755. The molecule has 0 atom stereocenters. The summed E-state index contributed by atoms with van der Waals surface area (Å²) in [6.07, 6.45) is -0.0196. The van der Waals surface area contributed by atoms with Crippen molar-refractivity contribution >= 4 is 17.6 Å². The van der Waals surface area contributed by atoms with Crippen molar-refractivity contribution in [2.75, 3.05) is 17.7 Å². The van der Waals surface area contributed by atoms with Crippen molar-refractivity contribution in [3.63, 3.8) is 0 Å².